The summed E-state index contributed by atoms with van der Waals surface area (Å²) in [4.78, 5) is 10.5. The van der Waals surface area contributed by atoms with E-state index in [0.29, 0.717) is 5.56 Å². The van der Waals surface area contributed by atoms with Crippen molar-refractivity contribution in [1.29, 1.82) is 0 Å². The fourth-order valence-electron chi connectivity index (χ4n) is 0.969. The molecule has 1 aromatic rings. The molecule has 0 fully saturated rings. The number of carbonyl (C=O) groups is 1. The molecular weight excluding hydrogens is 196 g/mol. The largest absolute Gasteiger partial charge is 0.507 e. The summed E-state index contributed by atoms with van der Waals surface area (Å²) in [5.41, 5.74) is -0.155. The van der Waals surface area contributed by atoms with Gasteiger partial charge < -0.3 is 15.3 Å². The fourth-order valence-corrected chi connectivity index (χ4v) is 1.12. The number of aromatic hydroxyl groups is 2. The van der Waals surface area contributed by atoms with Gasteiger partial charge in [0.25, 0.3) is 0 Å². The van der Waals surface area contributed by atoms with Crippen molar-refractivity contribution >= 4 is 17.6 Å². The molecule has 0 amide bonds. The van der Waals surface area contributed by atoms with E-state index in [0.717, 1.165) is 0 Å². The normalized spacial score (nSPS) is 10.0. The number of phenols is 2. The Bertz CT molecular complexity index is 373. The van der Waals surface area contributed by atoms with Gasteiger partial charge >= 0.3 is 5.97 Å². The minimum Gasteiger partial charge on any atom is -0.507 e. The van der Waals surface area contributed by atoms with Gasteiger partial charge in [0.05, 0.1) is 5.02 Å². The lowest BCUT2D eigenvalue weighted by molar-refractivity contribution is 0.0690. The third-order valence-corrected chi connectivity index (χ3v) is 2.09. The third-order valence-electron chi connectivity index (χ3n) is 1.61. The Morgan fingerprint density at radius 1 is 1.46 bits per heavy atom. The maximum absolute atomic E-state index is 10.5. The second-order valence-electron chi connectivity index (χ2n) is 2.56. The smallest absolute Gasteiger partial charge is 0.343 e. The lowest BCUT2D eigenvalue weighted by Gasteiger charge is -2.06. The van der Waals surface area contributed by atoms with Crippen LogP contribution in [0.3, 0.4) is 0 Å². The van der Waals surface area contributed by atoms with Gasteiger partial charge in [0.1, 0.15) is 11.3 Å². The molecule has 3 N–H and O–H groups in total. The number of rotatable bonds is 1. The van der Waals surface area contributed by atoms with Crippen LogP contribution >= 0.6 is 11.6 Å². The van der Waals surface area contributed by atoms with Gasteiger partial charge in [-0.25, -0.2) is 4.79 Å². The van der Waals surface area contributed by atoms with Crippen molar-refractivity contribution in [2.24, 2.45) is 0 Å². The lowest BCUT2D eigenvalue weighted by Crippen LogP contribution is -1.98. The van der Waals surface area contributed by atoms with E-state index in [9.17, 15) is 9.90 Å². The molecule has 1 aromatic carbocycles. The molecule has 0 atom stereocenters. The molecule has 0 bridgehead atoms. The molecule has 5 heteroatoms. The van der Waals surface area contributed by atoms with Gasteiger partial charge in [-0.1, -0.05) is 11.6 Å². The highest BCUT2D eigenvalue weighted by Crippen LogP contribution is 2.36. The van der Waals surface area contributed by atoms with E-state index in [1.54, 1.807) is 6.92 Å². The van der Waals surface area contributed by atoms with Gasteiger partial charge in [0.2, 0.25) is 0 Å². The summed E-state index contributed by atoms with van der Waals surface area (Å²) in [5, 5.41) is 26.9. The number of benzene rings is 1. The molecule has 70 valence electrons. The first-order valence-electron chi connectivity index (χ1n) is 3.39. The van der Waals surface area contributed by atoms with Crippen LogP contribution in [0.25, 0.3) is 0 Å². The van der Waals surface area contributed by atoms with Crippen molar-refractivity contribution in [3.05, 3.63) is 22.2 Å². The van der Waals surface area contributed by atoms with Gasteiger partial charge in [-0.2, -0.15) is 0 Å². The average Bonchev–Trinajstić information content (AvgIpc) is 1.99. The zero-order chi connectivity index (χ0) is 10.2. The molecule has 0 aliphatic heterocycles. The average molecular weight is 203 g/mol. The topological polar surface area (TPSA) is 77.8 Å². The fraction of sp³-hybridized carbons (Fsp3) is 0.125. The highest BCUT2D eigenvalue weighted by Gasteiger charge is 2.19. The molecule has 0 spiro atoms. The van der Waals surface area contributed by atoms with Crippen molar-refractivity contribution < 1.29 is 20.1 Å². The Hall–Kier alpha value is -1.42. The highest BCUT2D eigenvalue weighted by atomic mass is 35.5. The van der Waals surface area contributed by atoms with Gasteiger partial charge in [-0.15, -0.1) is 0 Å². The van der Waals surface area contributed by atoms with Crippen molar-refractivity contribution in [3.8, 4) is 11.5 Å². The maximum Gasteiger partial charge on any atom is 0.343 e. The van der Waals surface area contributed by atoms with E-state index in [2.05, 4.69) is 0 Å². The van der Waals surface area contributed by atoms with Crippen LogP contribution in [0.5, 0.6) is 11.5 Å². The summed E-state index contributed by atoms with van der Waals surface area (Å²) in [5.74, 6) is -2.52. The van der Waals surface area contributed by atoms with Crippen LogP contribution in [0.1, 0.15) is 15.9 Å². The second-order valence-corrected chi connectivity index (χ2v) is 2.93. The number of carboxylic acid groups (broad SMARTS) is 1. The molecule has 0 saturated heterocycles. The number of halogens is 1. The molecule has 4 nitrogen and oxygen atoms in total. The minimum absolute atomic E-state index is 0.0600. The molecule has 1 rings (SSSR count). The Labute approximate surface area is 79.0 Å². The van der Waals surface area contributed by atoms with E-state index in [1.807, 2.05) is 0 Å². The number of hydrogen-bond donors (Lipinski definition) is 3. The molecule has 0 heterocycles. The van der Waals surface area contributed by atoms with E-state index >= 15 is 0 Å². The molecular formula is C8H7ClO4. The lowest BCUT2D eigenvalue weighted by atomic mass is 10.1. The number of aromatic carboxylic acids is 1. The summed E-state index contributed by atoms with van der Waals surface area (Å²) in [6.45, 7) is 1.55. The zero-order valence-corrected chi connectivity index (χ0v) is 7.46. The van der Waals surface area contributed by atoms with Crippen LogP contribution in [-0.4, -0.2) is 21.3 Å². The molecule has 0 aliphatic carbocycles. The summed E-state index contributed by atoms with van der Waals surface area (Å²) in [6, 6.07) is 1.19. The highest BCUT2D eigenvalue weighted by molar-refractivity contribution is 6.33. The Kier molecular flexibility index (Phi) is 2.34. The first-order chi connectivity index (χ1) is 5.95. The van der Waals surface area contributed by atoms with Crippen LogP contribution in [-0.2, 0) is 0 Å². The zero-order valence-electron chi connectivity index (χ0n) is 6.71. The van der Waals surface area contributed by atoms with Gasteiger partial charge in [0.15, 0.2) is 5.75 Å². The van der Waals surface area contributed by atoms with Crippen molar-refractivity contribution in [2.75, 3.05) is 0 Å². The molecule has 0 saturated carbocycles. The Balaban J connectivity index is 3.53. The van der Waals surface area contributed by atoms with Crippen LogP contribution < -0.4 is 0 Å². The summed E-state index contributed by atoms with van der Waals surface area (Å²) in [6.07, 6.45) is 0. The minimum atomic E-state index is -1.42. The number of carboxylic acids is 1. The molecule has 13 heavy (non-hydrogen) atoms. The van der Waals surface area contributed by atoms with Crippen LogP contribution in [0, 0.1) is 6.92 Å². The summed E-state index contributed by atoms with van der Waals surface area (Å²) in [7, 11) is 0. The first-order valence-corrected chi connectivity index (χ1v) is 3.77. The molecule has 0 aliphatic rings. The van der Waals surface area contributed by atoms with Crippen LogP contribution in [0.2, 0.25) is 5.02 Å². The van der Waals surface area contributed by atoms with Crippen molar-refractivity contribution in [1.82, 2.24) is 0 Å². The Morgan fingerprint density at radius 2 is 2.00 bits per heavy atom. The van der Waals surface area contributed by atoms with E-state index in [4.69, 9.17) is 21.8 Å². The summed E-state index contributed by atoms with van der Waals surface area (Å²) < 4.78 is 0. The second kappa shape index (κ2) is 3.14. The van der Waals surface area contributed by atoms with Crippen LogP contribution in [0.15, 0.2) is 6.07 Å². The van der Waals surface area contributed by atoms with Crippen molar-refractivity contribution in [2.45, 2.75) is 6.92 Å². The molecule has 0 aromatic heterocycles. The van der Waals surface area contributed by atoms with Crippen molar-refractivity contribution in [3.63, 3.8) is 0 Å². The van der Waals surface area contributed by atoms with E-state index in [-0.39, 0.29) is 5.02 Å². The van der Waals surface area contributed by atoms with E-state index in [1.165, 1.54) is 6.07 Å². The number of hydrogen-bond acceptors (Lipinski definition) is 3. The Morgan fingerprint density at radius 3 is 2.46 bits per heavy atom. The SMILES string of the molecule is Cc1cc(O)c(C(=O)O)c(O)c1Cl. The molecule has 0 radical (unpaired) electrons. The third kappa shape index (κ3) is 1.53. The predicted octanol–water partition coefficient (Wildman–Crippen LogP) is 1.76. The van der Waals surface area contributed by atoms with Gasteiger partial charge in [-0.3, -0.25) is 0 Å². The van der Waals surface area contributed by atoms with Crippen LogP contribution in [0.4, 0.5) is 0 Å². The standard InChI is InChI=1S/C8H7ClO4/c1-3-2-4(10)5(8(12)13)7(11)6(3)9/h2,10-11H,1H3,(H,12,13). The summed E-state index contributed by atoms with van der Waals surface area (Å²) >= 11 is 5.57. The van der Waals surface area contributed by atoms with Gasteiger partial charge in [0, 0.05) is 0 Å². The predicted molar refractivity (Wildman–Crippen MR) is 46.5 cm³/mol. The molecule has 0 unspecified atom stereocenters. The van der Waals surface area contributed by atoms with E-state index < -0.39 is 23.0 Å². The van der Waals surface area contributed by atoms with Gasteiger partial charge in [-0.05, 0) is 18.6 Å². The maximum atomic E-state index is 10.5. The monoisotopic (exact) mass is 202 g/mol. The number of aryl methyl sites for hydroxylation is 1. The quantitative estimate of drug-likeness (QED) is 0.649. The first kappa shape index (κ1) is 9.67.